The fourth-order valence-electron chi connectivity index (χ4n) is 2.12. The van der Waals surface area contributed by atoms with Crippen LogP contribution in [0.15, 0.2) is 59.4 Å². The molecule has 2 N–H and O–H groups in total. The van der Waals surface area contributed by atoms with Gasteiger partial charge in [-0.1, -0.05) is 41.9 Å². The van der Waals surface area contributed by atoms with Crippen molar-refractivity contribution in [3.8, 4) is 0 Å². The molecule has 3 nitrogen and oxygen atoms in total. The second-order valence-electron chi connectivity index (χ2n) is 4.54. The zero-order valence-corrected chi connectivity index (χ0v) is 11.4. The molecule has 0 unspecified atom stereocenters. The molecule has 2 aromatic carbocycles. The SMILES string of the molecule is O=c1[nH]c2ccccc2cc1CNc1ccccc1Cl. The van der Waals surface area contributed by atoms with Crippen LogP contribution in [0.4, 0.5) is 5.69 Å². The molecule has 3 aromatic rings. The molecule has 0 fully saturated rings. The second-order valence-corrected chi connectivity index (χ2v) is 4.95. The van der Waals surface area contributed by atoms with Crippen LogP contribution in [0.1, 0.15) is 5.56 Å². The van der Waals surface area contributed by atoms with Crippen LogP contribution < -0.4 is 10.9 Å². The number of anilines is 1. The van der Waals surface area contributed by atoms with Gasteiger partial charge >= 0.3 is 0 Å². The molecule has 0 aliphatic carbocycles. The predicted molar refractivity (Wildman–Crippen MR) is 83.3 cm³/mol. The zero-order valence-electron chi connectivity index (χ0n) is 10.7. The van der Waals surface area contributed by atoms with Gasteiger partial charge in [-0.25, -0.2) is 0 Å². The van der Waals surface area contributed by atoms with Crippen molar-refractivity contribution in [2.75, 3.05) is 5.32 Å². The lowest BCUT2D eigenvalue weighted by molar-refractivity contribution is 1.09. The molecule has 0 atom stereocenters. The maximum atomic E-state index is 12.0. The van der Waals surface area contributed by atoms with E-state index in [1.807, 2.05) is 54.6 Å². The van der Waals surface area contributed by atoms with Crippen molar-refractivity contribution in [2.24, 2.45) is 0 Å². The first-order valence-corrected chi connectivity index (χ1v) is 6.71. The van der Waals surface area contributed by atoms with Crippen molar-refractivity contribution >= 4 is 28.2 Å². The lowest BCUT2D eigenvalue weighted by Gasteiger charge is -2.08. The van der Waals surface area contributed by atoms with E-state index in [4.69, 9.17) is 11.6 Å². The second kappa shape index (κ2) is 5.39. The summed E-state index contributed by atoms with van der Waals surface area (Å²) in [6.07, 6.45) is 0. The zero-order chi connectivity index (χ0) is 13.9. The van der Waals surface area contributed by atoms with Crippen LogP contribution in [0, 0.1) is 0 Å². The van der Waals surface area contributed by atoms with E-state index in [0.29, 0.717) is 17.1 Å². The van der Waals surface area contributed by atoms with E-state index in [2.05, 4.69) is 10.3 Å². The Labute approximate surface area is 121 Å². The van der Waals surface area contributed by atoms with Gasteiger partial charge in [0.05, 0.1) is 10.7 Å². The number of aromatic nitrogens is 1. The molecule has 0 radical (unpaired) electrons. The number of H-pyrrole nitrogens is 1. The Morgan fingerprint density at radius 3 is 2.65 bits per heavy atom. The van der Waals surface area contributed by atoms with Crippen LogP contribution in [0.5, 0.6) is 0 Å². The number of halogens is 1. The molecular weight excluding hydrogens is 272 g/mol. The molecular formula is C16H13ClN2O. The summed E-state index contributed by atoms with van der Waals surface area (Å²) < 4.78 is 0. The highest BCUT2D eigenvalue weighted by molar-refractivity contribution is 6.33. The lowest BCUT2D eigenvalue weighted by atomic mass is 10.1. The largest absolute Gasteiger partial charge is 0.380 e. The van der Waals surface area contributed by atoms with Crippen LogP contribution in [0.2, 0.25) is 5.02 Å². The topological polar surface area (TPSA) is 44.9 Å². The molecule has 1 aromatic heterocycles. The number of benzene rings is 2. The first kappa shape index (κ1) is 12.8. The highest BCUT2D eigenvalue weighted by Gasteiger charge is 2.04. The van der Waals surface area contributed by atoms with Gasteiger partial charge in [0, 0.05) is 17.6 Å². The Morgan fingerprint density at radius 2 is 1.80 bits per heavy atom. The summed E-state index contributed by atoms with van der Waals surface area (Å²) in [4.78, 5) is 14.9. The quantitative estimate of drug-likeness (QED) is 0.768. The van der Waals surface area contributed by atoms with Crippen LogP contribution in [-0.2, 0) is 6.54 Å². The predicted octanol–water partition coefficient (Wildman–Crippen LogP) is 3.79. The van der Waals surface area contributed by atoms with E-state index in [1.54, 1.807) is 0 Å². The molecule has 20 heavy (non-hydrogen) atoms. The molecule has 0 spiro atoms. The summed E-state index contributed by atoms with van der Waals surface area (Å²) in [5, 5.41) is 4.84. The molecule has 4 heteroatoms. The number of fused-ring (bicyclic) bond motifs is 1. The minimum absolute atomic E-state index is 0.0803. The van der Waals surface area contributed by atoms with E-state index in [0.717, 1.165) is 16.6 Å². The van der Waals surface area contributed by atoms with Crippen molar-refractivity contribution in [3.05, 3.63) is 75.5 Å². The van der Waals surface area contributed by atoms with Crippen molar-refractivity contribution in [2.45, 2.75) is 6.54 Å². The molecule has 100 valence electrons. The van der Waals surface area contributed by atoms with Crippen molar-refractivity contribution in [1.82, 2.24) is 4.98 Å². The van der Waals surface area contributed by atoms with Gasteiger partial charge in [-0.15, -0.1) is 0 Å². The first-order valence-electron chi connectivity index (χ1n) is 6.33. The fraction of sp³-hybridized carbons (Fsp3) is 0.0625. The van der Waals surface area contributed by atoms with Gasteiger partial charge in [0.2, 0.25) is 0 Å². The third kappa shape index (κ3) is 2.53. The van der Waals surface area contributed by atoms with Gasteiger partial charge in [-0.3, -0.25) is 4.79 Å². The molecule has 0 saturated carbocycles. The third-order valence-corrected chi connectivity index (χ3v) is 3.50. The number of nitrogens with one attached hydrogen (secondary N) is 2. The van der Waals surface area contributed by atoms with Crippen molar-refractivity contribution in [1.29, 1.82) is 0 Å². The maximum Gasteiger partial charge on any atom is 0.253 e. The van der Waals surface area contributed by atoms with Crippen LogP contribution in [-0.4, -0.2) is 4.98 Å². The Balaban J connectivity index is 1.89. The number of hydrogen-bond donors (Lipinski definition) is 2. The van der Waals surface area contributed by atoms with Gasteiger partial charge in [0.1, 0.15) is 0 Å². The monoisotopic (exact) mass is 284 g/mol. The Bertz CT molecular complexity index is 811. The molecule has 0 aliphatic heterocycles. The smallest absolute Gasteiger partial charge is 0.253 e. The van der Waals surface area contributed by atoms with Crippen molar-refractivity contribution in [3.63, 3.8) is 0 Å². The summed E-state index contributed by atoms with van der Waals surface area (Å²) in [6.45, 7) is 0.434. The standard InChI is InChI=1S/C16H13ClN2O/c17-13-6-2-4-8-15(13)18-10-12-9-11-5-1-3-7-14(11)19-16(12)20/h1-9,18H,10H2,(H,19,20). The normalized spacial score (nSPS) is 10.7. The molecule has 0 saturated heterocycles. The van der Waals surface area contributed by atoms with Crippen LogP contribution in [0.25, 0.3) is 10.9 Å². The van der Waals surface area contributed by atoms with Gasteiger partial charge in [0.15, 0.2) is 0 Å². The van der Waals surface area contributed by atoms with Gasteiger partial charge in [-0.2, -0.15) is 0 Å². The Hall–Kier alpha value is -2.26. The lowest BCUT2D eigenvalue weighted by Crippen LogP contribution is -2.15. The maximum absolute atomic E-state index is 12.0. The minimum Gasteiger partial charge on any atom is -0.380 e. The highest BCUT2D eigenvalue weighted by Crippen LogP contribution is 2.21. The summed E-state index contributed by atoms with van der Waals surface area (Å²) >= 11 is 6.08. The number of hydrogen-bond acceptors (Lipinski definition) is 2. The minimum atomic E-state index is -0.0803. The van der Waals surface area contributed by atoms with E-state index >= 15 is 0 Å². The van der Waals surface area contributed by atoms with Gasteiger partial charge < -0.3 is 10.3 Å². The van der Waals surface area contributed by atoms with E-state index in [9.17, 15) is 4.79 Å². The van der Waals surface area contributed by atoms with E-state index < -0.39 is 0 Å². The van der Waals surface area contributed by atoms with E-state index in [-0.39, 0.29) is 5.56 Å². The average Bonchev–Trinajstić information content (AvgIpc) is 2.46. The molecule has 3 rings (SSSR count). The Morgan fingerprint density at radius 1 is 1.05 bits per heavy atom. The number of rotatable bonds is 3. The first-order chi connectivity index (χ1) is 9.74. The van der Waals surface area contributed by atoms with Crippen LogP contribution >= 0.6 is 11.6 Å². The summed E-state index contributed by atoms with van der Waals surface area (Å²) in [5.74, 6) is 0. The van der Waals surface area contributed by atoms with Crippen LogP contribution in [0.3, 0.4) is 0 Å². The molecule has 0 aliphatic rings. The average molecular weight is 285 g/mol. The Kier molecular flexibility index (Phi) is 3.44. The van der Waals surface area contributed by atoms with Gasteiger partial charge in [0.25, 0.3) is 5.56 Å². The number of para-hydroxylation sites is 2. The molecule has 1 heterocycles. The number of aromatic amines is 1. The number of pyridine rings is 1. The summed E-state index contributed by atoms with van der Waals surface area (Å²) in [7, 11) is 0. The molecule has 0 bridgehead atoms. The fourth-order valence-corrected chi connectivity index (χ4v) is 2.32. The molecule has 0 amide bonds. The highest BCUT2D eigenvalue weighted by atomic mass is 35.5. The van der Waals surface area contributed by atoms with Gasteiger partial charge in [-0.05, 0) is 29.7 Å². The summed E-state index contributed by atoms with van der Waals surface area (Å²) in [5.41, 5.74) is 2.27. The van der Waals surface area contributed by atoms with Crippen molar-refractivity contribution < 1.29 is 0 Å². The summed E-state index contributed by atoms with van der Waals surface area (Å²) in [6, 6.07) is 17.1. The third-order valence-electron chi connectivity index (χ3n) is 3.17. The van der Waals surface area contributed by atoms with E-state index in [1.165, 1.54) is 0 Å².